The summed E-state index contributed by atoms with van der Waals surface area (Å²) in [7, 11) is 0. The second-order valence-corrected chi connectivity index (χ2v) is 4.40. The van der Waals surface area contributed by atoms with E-state index in [1.165, 1.54) is 0 Å². The predicted octanol–water partition coefficient (Wildman–Crippen LogP) is 1.35. The molecule has 0 rings (SSSR count). The van der Waals surface area contributed by atoms with E-state index in [1.807, 2.05) is 13.8 Å². The number of carboxylic acids is 1. The van der Waals surface area contributed by atoms with Gasteiger partial charge in [-0.05, 0) is 6.42 Å². The molecule has 0 fully saturated rings. The van der Waals surface area contributed by atoms with E-state index in [-0.39, 0.29) is 19.0 Å². The predicted molar refractivity (Wildman–Crippen MR) is 57.5 cm³/mol. The summed E-state index contributed by atoms with van der Waals surface area (Å²) >= 11 is 0. The van der Waals surface area contributed by atoms with Crippen LogP contribution in [0.2, 0.25) is 0 Å². The number of alkyl halides is 3. The summed E-state index contributed by atoms with van der Waals surface area (Å²) in [5.41, 5.74) is 5.54. The van der Waals surface area contributed by atoms with E-state index in [4.69, 9.17) is 10.8 Å². The van der Waals surface area contributed by atoms with Gasteiger partial charge in [0.2, 0.25) is 0 Å². The molecule has 102 valence electrons. The van der Waals surface area contributed by atoms with Gasteiger partial charge in [0, 0.05) is 18.6 Å². The van der Waals surface area contributed by atoms with Crippen molar-refractivity contribution in [2.45, 2.75) is 44.9 Å². The lowest BCUT2D eigenvalue weighted by Gasteiger charge is -2.23. The Bertz CT molecular complexity index is 244. The first-order chi connectivity index (χ1) is 7.62. The van der Waals surface area contributed by atoms with Crippen molar-refractivity contribution in [1.29, 1.82) is 0 Å². The van der Waals surface area contributed by atoms with Crippen molar-refractivity contribution in [3.05, 3.63) is 0 Å². The fourth-order valence-electron chi connectivity index (χ4n) is 1.38. The van der Waals surface area contributed by atoms with E-state index in [0.717, 1.165) is 0 Å². The van der Waals surface area contributed by atoms with Crippen molar-refractivity contribution in [2.24, 2.45) is 11.7 Å². The van der Waals surface area contributed by atoms with Crippen LogP contribution >= 0.6 is 0 Å². The van der Waals surface area contributed by atoms with Crippen LogP contribution < -0.4 is 11.1 Å². The topological polar surface area (TPSA) is 75.3 Å². The zero-order valence-corrected chi connectivity index (χ0v) is 9.92. The summed E-state index contributed by atoms with van der Waals surface area (Å²) in [4.78, 5) is 10.3. The van der Waals surface area contributed by atoms with Crippen molar-refractivity contribution >= 4 is 5.97 Å². The van der Waals surface area contributed by atoms with Crippen molar-refractivity contribution in [1.82, 2.24) is 5.32 Å². The fraction of sp³-hybridized carbons (Fsp3) is 0.900. The fourth-order valence-corrected chi connectivity index (χ4v) is 1.38. The smallest absolute Gasteiger partial charge is 0.392 e. The van der Waals surface area contributed by atoms with Crippen LogP contribution in [-0.2, 0) is 4.79 Å². The normalized spacial score (nSPS) is 15.9. The van der Waals surface area contributed by atoms with E-state index in [9.17, 15) is 18.0 Å². The van der Waals surface area contributed by atoms with E-state index < -0.39 is 30.5 Å². The molecular formula is C10H19F3N2O2. The van der Waals surface area contributed by atoms with Gasteiger partial charge in [-0.2, -0.15) is 13.2 Å². The molecule has 0 aromatic rings. The Morgan fingerprint density at radius 2 is 1.94 bits per heavy atom. The minimum Gasteiger partial charge on any atom is -0.481 e. The Kier molecular flexibility index (Phi) is 6.48. The molecule has 0 aromatic heterocycles. The lowest BCUT2D eigenvalue weighted by Crippen LogP contribution is -2.41. The average molecular weight is 256 g/mol. The molecule has 0 spiro atoms. The number of carbonyl (C=O) groups is 1. The van der Waals surface area contributed by atoms with E-state index >= 15 is 0 Å². The third kappa shape index (κ3) is 7.98. The number of aliphatic carboxylic acids is 1. The molecule has 4 nitrogen and oxygen atoms in total. The Labute approximate surface area is 98.4 Å². The monoisotopic (exact) mass is 256 g/mol. The van der Waals surface area contributed by atoms with Gasteiger partial charge in [-0.25, -0.2) is 0 Å². The maximum absolute atomic E-state index is 12.5. The Hall–Kier alpha value is -0.820. The first-order valence-electron chi connectivity index (χ1n) is 5.40. The van der Waals surface area contributed by atoms with Gasteiger partial charge < -0.3 is 16.2 Å². The number of hydrogen-bond donors (Lipinski definition) is 3. The summed E-state index contributed by atoms with van der Waals surface area (Å²) in [5, 5.41) is 11.3. The number of halogens is 3. The third-order valence-electron chi connectivity index (χ3n) is 2.26. The number of carboxylic acid groups (broad SMARTS) is 1. The summed E-state index contributed by atoms with van der Waals surface area (Å²) in [6.07, 6.45) is -5.83. The average Bonchev–Trinajstić information content (AvgIpc) is 2.11. The van der Waals surface area contributed by atoms with Crippen LogP contribution in [0, 0.1) is 5.92 Å². The molecule has 0 aliphatic heterocycles. The summed E-state index contributed by atoms with van der Waals surface area (Å²) < 4.78 is 37.5. The molecule has 0 aliphatic rings. The number of hydrogen-bond acceptors (Lipinski definition) is 3. The highest BCUT2D eigenvalue weighted by Gasteiger charge is 2.41. The van der Waals surface area contributed by atoms with E-state index in [1.54, 1.807) is 0 Å². The van der Waals surface area contributed by atoms with E-state index in [0.29, 0.717) is 0 Å². The largest absolute Gasteiger partial charge is 0.481 e. The first-order valence-corrected chi connectivity index (χ1v) is 5.40. The molecule has 0 saturated carbocycles. The van der Waals surface area contributed by atoms with Crippen LogP contribution in [0.5, 0.6) is 0 Å². The van der Waals surface area contributed by atoms with Crippen molar-refractivity contribution in [3.8, 4) is 0 Å². The second kappa shape index (κ2) is 6.80. The Morgan fingerprint density at radius 3 is 2.29 bits per heavy atom. The maximum atomic E-state index is 12.5. The van der Waals surface area contributed by atoms with Crippen molar-refractivity contribution < 1.29 is 23.1 Å². The molecule has 0 bridgehead atoms. The summed E-state index contributed by atoms with van der Waals surface area (Å²) in [5.74, 6) is -3.35. The van der Waals surface area contributed by atoms with Gasteiger partial charge in [-0.3, -0.25) is 4.79 Å². The molecule has 7 heteroatoms. The van der Waals surface area contributed by atoms with Gasteiger partial charge in [-0.1, -0.05) is 13.8 Å². The summed E-state index contributed by atoms with van der Waals surface area (Å²) in [6.45, 7) is 3.94. The van der Waals surface area contributed by atoms with Gasteiger partial charge in [0.05, 0.1) is 12.3 Å². The molecule has 4 N–H and O–H groups in total. The summed E-state index contributed by atoms with van der Waals surface area (Å²) in [6, 6.07) is -0.576. The minimum atomic E-state index is -4.52. The Morgan fingerprint density at radius 1 is 1.41 bits per heavy atom. The molecule has 0 saturated heterocycles. The quantitative estimate of drug-likeness (QED) is 0.643. The lowest BCUT2D eigenvalue weighted by atomic mass is 9.96. The molecule has 0 aromatic carbocycles. The van der Waals surface area contributed by atoms with Crippen LogP contribution in [0.15, 0.2) is 0 Å². The molecule has 0 unspecified atom stereocenters. The van der Waals surface area contributed by atoms with Crippen LogP contribution in [0.4, 0.5) is 13.2 Å². The minimum absolute atomic E-state index is 0.130. The number of nitrogens with one attached hydrogen (secondary N) is 1. The Balaban J connectivity index is 4.28. The van der Waals surface area contributed by atoms with Gasteiger partial charge in [0.1, 0.15) is 0 Å². The molecule has 17 heavy (non-hydrogen) atoms. The number of rotatable bonds is 7. The highest BCUT2D eigenvalue weighted by molar-refractivity contribution is 5.67. The van der Waals surface area contributed by atoms with Gasteiger partial charge in [0.15, 0.2) is 0 Å². The van der Waals surface area contributed by atoms with Gasteiger partial charge in [-0.15, -0.1) is 0 Å². The molecule has 2 atom stereocenters. The third-order valence-corrected chi connectivity index (χ3v) is 2.26. The second-order valence-electron chi connectivity index (χ2n) is 4.40. The first kappa shape index (κ1) is 16.2. The van der Waals surface area contributed by atoms with Crippen LogP contribution in [-0.4, -0.2) is 35.9 Å². The highest BCUT2D eigenvalue weighted by atomic mass is 19.4. The van der Waals surface area contributed by atoms with Crippen molar-refractivity contribution in [3.63, 3.8) is 0 Å². The molecule has 0 aliphatic carbocycles. The van der Waals surface area contributed by atoms with Crippen LogP contribution in [0.25, 0.3) is 0 Å². The van der Waals surface area contributed by atoms with Gasteiger partial charge in [0.25, 0.3) is 0 Å². The van der Waals surface area contributed by atoms with Crippen LogP contribution in [0.1, 0.15) is 26.7 Å². The molecule has 0 radical (unpaired) electrons. The molecule has 0 heterocycles. The highest BCUT2D eigenvalue weighted by Crippen LogP contribution is 2.32. The van der Waals surface area contributed by atoms with E-state index in [2.05, 4.69) is 5.32 Å². The lowest BCUT2D eigenvalue weighted by molar-refractivity contribution is -0.185. The maximum Gasteiger partial charge on any atom is 0.392 e. The standard InChI is InChI=1S/C10H19F3N2O2/c1-6(2)15-5-8(14)3-7(4-9(16)17)10(11,12)13/h6-8,15H,3-5,14H2,1-2H3,(H,16,17)/t7-,8+/m1/s1. The number of nitrogens with two attached hydrogens (primary N) is 1. The SMILES string of the molecule is CC(C)NC[C@@H](N)C[C@H](CC(=O)O)C(F)(F)F. The van der Waals surface area contributed by atoms with Crippen LogP contribution in [0.3, 0.4) is 0 Å². The zero-order chi connectivity index (χ0) is 13.6. The van der Waals surface area contributed by atoms with Crippen molar-refractivity contribution in [2.75, 3.05) is 6.54 Å². The molecule has 0 amide bonds. The molecular weight excluding hydrogens is 237 g/mol. The van der Waals surface area contributed by atoms with Gasteiger partial charge >= 0.3 is 12.1 Å². The zero-order valence-electron chi connectivity index (χ0n) is 9.92.